The molecule has 2 rings (SSSR count). The summed E-state index contributed by atoms with van der Waals surface area (Å²) in [5.41, 5.74) is 0.791. The van der Waals surface area contributed by atoms with Gasteiger partial charge in [0.25, 0.3) is 5.69 Å². The van der Waals surface area contributed by atoms with Crippen molar-refractivity contribution in [2.24, 2.45) is 0 Å². The van der Waals surface area contributed by atoms with Gasteiger partial charge in [-0.25, -0.2) is 0 Å². The number of ether oxygens (including phenoxy) is 1. The van der Waals surface area contributed by atoms with Gasteiger partial charge in [0.05, 0.1) is 12.0 Å². The third-order valence-corrected chi connectivity index (χ3v) is 4.69. The molecule has 1 aromatic carbocycles. The van der Waals surface area contributed by atoms with Crippen LogP contribution in [0.5, 0.6) is 5.75 Å². The highest BCUT2D eigenvalue weighted by molar-refractivity contribution is 8.00. The van der Waals surface area contributed by atoms with Crippen LogP contribution >= 0.6 is 23.1 Å². The summed E-state index contributed by atoms with van der Waals surface area (Å²) in [6.45, 7) is 4.24. The first-order chi connectivity index (χ1) is 10.6. The Morgan fingerprint density at radius 1 is 1.55 bits per heavy atom. The van der Waals surface area contributed by atoms with E-state index in [0.29, 0.717) is 23.2 Å². The van der Waals surface area contributed by atoms with Gasteiger partial charge in [-0.2, -0.15) is 0 Å². The zero-order valence-corrected chi connectivity index (χ0v) is 13.4. The van der Waals surface area contributed by atoms with E-state index in [1.54, 1.807) is 12.1 Å². The Morgan fingerprint density at radius 2 is 2.36 bits per heavy atom. The Kier molecular flexibility index (Phi) is 5.73. The molecule has 0 amide bonds. The Bertz CT molecular complexity index is 675. The highest BCUT2D eigenvalue weighted by Gasteiger charge is 2.13. The molecule has 0 unspecified atom stereocenters. The second-order valence-electron chi connectivity index (χ2n) is 4.08. The number of nitrogens with one attached hydrogen (secondary N) is 1. The molecular formula is C13H14N4O3S2. The molecule has 2 aromatic rings. The number of methoxy groups -OCH3 is 1. The topological polar surface area (TPSA) is 90.2 Å². The molecule has 0 aliphatic heterocycles. The quantitative estimate of drug-likeness (QED) is 0.341. The van der Waals surface area contributed by atoms with Gasteiger partial charge in [-0.05, 0) is 6.07 Å². The van der Waals surface area contributed by atoms with Crippen molar-refractivity contribution in [3.05, 3.63) is 46.5 Å². The van der Waals surface area contributed by atoms with Gasteiger partial charge in [-0.3, -0.25) is 10.1 Å². The Balaban J connectivity index is 2.06. The van der Waals surface area contributed by atoms with E-state index in [1.807, 2.05) is 0 Å². The zero-order valence-electron chi connectivity index (χ0n) is 11.8. The molecule has 1 N–H and O–H groups in total. The number of benzene rings is 1. The normalized spacial score (nSPS) is 10.2. The fourth-order valence-electron chi connectivity index (χ4n) is 1.63. The van der Waals surface area contributed by atoms with E-state index in [9.17, 15) is 10.1 Å². The third-order valence-electron chi connectivity index (χ3n) is 2.63. The summed E-state index contributed by atoms with van der Waals surface area (Å²) in [4.78, 5) is 10.4. The second kappa shape index (κ2) is 7.76. The van der Waals surface area contributed by atoms with Crippen molar-refractivity contribution in [2.45, 2.75) is 10.1 Å². The van der Waals surface area contributed by atoms with Gasteiger partial charge in [0, 0.05) is 30.0 Å². The predicted octanol–water partition coefficient (Wildman–Crippen LogP) is 3.35. The van der Waals surface area contributed by atoms with Gasteiger partial charge < -0.3 is 10.1 Å². The third kappa shape index (κ3) is 4.18. The lowest BCUT2D eigenvalue weighted by Crippen LogP contribution is -1.96. The summed E-state index contributed by atoms with van der Waals surface area (Å²) in [5.74, 6) is 1.13. The van der Waals surface area contributed by atoms with Gasteiger partial charge in [-0.1, -0.05) is 29.2 Å². The van der Waals surface area contributed by atoms with Gasteiger partial charge in [-0.15, -0.1) is 16.8 Å². The van der Waals surface area contributed by atoms with Crippen LogP contribution in [0, 0.1) is 10.1 Å². The molecule has 0 fully saturated rings. The van der Waals surface area contributed by atoms with Crippen LogP contribution in [-0.4, -0.2) is 28.8 Å². The molecule has 0 saturated carbocycles. The maximum atomic E-state index is 10.9. The molecule has 9 heteroatoms. The molecule has 7 nitrogen and oxygen atoms in total. The molecule has 0 aliphatic carbocycles. The summed E-state index contributed by atoms with van der Waals surface area (Å²) in [6.07, 6.45) is 1.74. The molecule has 0 saturated heterocycles. The maximum absolute atomic E-state index is 10.9. The van der Waals surface area contributed by atoms with E-state index in [1.165, 1.54) is 42.3 Å². The highest BCUT2D eigenvalue weighted by atomic mass is 32.2. The van der Waals surface area contributed by atoms with Crippen LogP contribution in [0.4, 0.5) is 10.8 Å². The van der Waals surface area contributed by atoms with E-state index in [-0.39, 0.29) is 5.69 Å². The predicted molar refractivity (Wildman–Crippen MR) is 87.8 cm³/mol. The summed E-state index contributed by atoms with van der Waals surface area (Å²) < 4.78 is 6.01. The largest absolute Gasteiger partial charge is 0.496 e. The van der Waals surface area contributed by atoms with Crippen LogP contribution in [0.15, 0.2) is 35.2 Å². The van der Waals surface area contributed by atoms with Gasteiger partial charge in [0.15, 0.2) is 4.34 Å². The van der Waals surface area contributed by atoms with Crippen LogP contribution in [0.2, 0.25) is 0 Å². The van der Waals surface area contributed by atoms with Crippen molar-refractivity contribution in [1.29, 1.82) is 0 Å². The van der Waals surface area contributed by atoms with E-state index in [2.05, 4.69) is 22.1 Å². The lowest BCUT2D eigenvalue weighted by molar-refractivity contribution is -0.384. The van der Waals surface area contributed by atoms with Crippen LogP contribution < -0.4 is 10.1 Å². The van der Waals surface area contributed by atoms with Crippen molar-refractivity contribution < 1.29 is 9.66 Å². The molecular weight excluding hydrogens is 324 g/mol. The average molecular weight is 338 g/mol. The molecule has 0 aliphatic rings. The number of non-ortho nitro benzene ring substituents is 1. The van der Waals surface area contributed by atoms with E-state index >= 15 is 0 Å². The number of nitrogens with zero attached hydrogens (tertiary/aromatic N) is 3. The Hall–Kier alpha value is -2.13. The van der Waals surface area contributed by atoms with Crippen LogP contribution in [-0.2, 0) is 5.75 Å². The number of nitro groups is 1. The van der Waals surface area contributed by atoms with E-state index < -0.39 is 4.92 Å². The molecule has 22 heavy (non-hydrogen) atoms. The summed E-state index contributed by atoms with van der Waals surface area (Å²) >= 11 is 2.88. The Morgan fingerprint density at radius 3 is 3.05 bits per heavy atom. The number of aromatic nitrogens is 2. The summed E-state index contributed by atoms with van der Waals surface area (Å²) in [6, 6.07) is 4.55. The lowest BCUT2D eigenvalue weighted by atomic mass is 10.2. The second-order valence-corrected chi connectivity index (χ2v) is 6.28. The zero-order chi connectivity index (χ0) is 15.9. The fraction of sp³-hybridized carbons (Fsp3) is 0.231. The number of hydrogen-bond acceptors (Lipinski definition) is 8. The molecule has 0 atom stereocenters. The first-order valence-corrected chi connectivity index (χ1v) is 8.06. The standard InChI is InChI=1S/C13H14N4O3S2/c1-3-6-14-12-15-16-13(22-12)21-8-9-7-10(17(18)19)4-5-11(9)20-2/h3-5,7H,1,6,8H2,2H3,(H,14,15). The molecule has 1 aromatic heterocycles. The van der Waals surface area contributed by atoms with Gasteiger partial charge in [0.1, 0.15) is 5.75 Å². The minimum atomic E-state index is -0.421. The van der Waals surface area contributed by atoms with Crippen molar-refractivity contribution in [3.8, 4) is 5.75 Å². The molecule has 0 radical (unpaired) electrons. The van der Waals surface area contributed by atoms with Crippen molar-refractivity contribution in [3.63, 3.8) is 0 Å². The lowest BCUT2D eigenvalue weighted by Gasteiger charge is -2.06. The van der Waals surface area contributed by atoms with Crippen molar-refractivity contribution in [2.75, 3.05) is 19.0 Å². The van der Waals surface area contributed by atoms with Gasteiger partial charge >= 0.3 is 0 Å². The molecule has 0 spiro atoms. The minimum absolute atomic E-state index is 0.0435. The summed E-state index contributed by atoms with van der Waals surface area (Å²) in [7, 11) is 1.54. The minimum Gasteiger partial charge on any atom is -0.496 e. The smallest absolute Gasteiger partial charge is 0.270 e. The van der Waals surface area contributed by atoms with E-state index in [0.717, 1.165) is 9.90 Å². The SMILES string of the molecule is C=CCNc1nnc(SCc2cc([N+](=O)[O-])ccc2OC)s1. The average Bonchev–Trinajstić information content (AvgIpc) is 2.98. The molecule has 116 valence electrons. The highest BCUT2D eigenvalue weighted by Crippen LogP contribution is 2.32. The summed E-state index contributed by atoms with van der Waals surface area (Å²) in [5, 5.41) is 22.7. The fourth-order valence-corrected chi connectivity index (χ4v) is 3.37. The van der Waals surface area contributed by atoms with Crippen LogP contribution in [0.1, 0.15) is 5.56 Å². The number of hydrogen-bond donors (Lipinski definition) is 1. The number of thioether (sulfide) groups is 1. The monoisotopic (exact) mass is 338 g/mol. The first-order valence-electron chi connectivity index (χ1n) is 6.26. The van der Waals surface area contributed by atoms with Crippen LogP contribution in [0.3, 0.4) is 0 Å². The number of anilines is 1. The van der Waals surface area contributed by atoms with Crippen molar-refractivity contribution >= 4 is 33.9 Å². The van der Waals surface area contributed by atoms with Gasteiger partial charge in [0.2, 0.25) is 5.13 Å². The molecule has 0 bridgehead atoms. The number of rotatable bonds is 8. The molecule has 1 heterocycles. The first kappa shape index (κ1) is 16.2. The van der Waals surface area contributed by atoms with Crippen molar-refractivity contribution in [1.82, 2.24) is 10.2 Å². The Labute approximate surface area is 135 Å². The number of nitro benzene ring substituents is 1. The van der Waals surface area contributed by atoms with Crippen LogP contribution in [0.25, 0.3) is 0 Å². The maximum Gasteiger partial charge on any atom is 0.270 e. The van der Waals surface area contributed by atoms with E-state index in [4.69, 9.17) is 4.74 Å².